The number of benzene rings is 1. The Morgan fingerprint density at radius 1 is 1.25 bits per heavy atom. The molecule has 2 saturated heterocycles. The fourth-order valence-electron chi connectivity index (χ4n) is 3.18. The number of amides is 2. The first-order chi connectivity index (χ1) is 15.3. The van der Waals surface area contributed by atoms with E-state index in [0.717, 1.165) is 0 Å². The van der Waals surface area contributed by atoms with Gasteiger partial charge in [0.15, 0.2) is 0 Å². The maximum Gasteiger partial charge on any atom is 0.375 e. The van der Waals surface area contributed by atoms with Crippen molar-refractivity contribution >= 4 is 47.0 Å². The average Bonchev–Trinajstić information content (AvgIpc) is 3.43. The zero-order valence-electron chi connectivity index (χ0n) is 16.4. The van der Waals surface area contributed by atoms with Gasteiger partial charge in [-0.15, -0.1) is 0 Å². The standard InChI is InChI=1S/C19H15Cl2N3O8/c1-8-14(16(23-31-8)15-9(20)3-2-4-10(15)21)17(26)22-11-7-29-24(18(11)27)32-19(28)12-5-6-13(25)30-12/h2-4,11-12H,5-7H2,1H3,(H,22,26)/t11-,12?/m0/s1. The van der Waals surface area contributed by atoms with Gasteiger partial charge in [0.1, 0.15) is 29.7 Å². The van der Waals surface area contributed by atoms with E-state index >= 15 is 0 Å². The number of hydrogen-bond donors (Lipinski definition) is 1. The number of hydrogen-bond acceptors (Lipinski definition) is 9. The van der Waals surface area contributed by atoms with Gasteiger partial charge in [0.05, 0.1) is 10.0 Å². The van der Waals surface area contributed by atoms with Crippen molar-refractivity contribution in [2.45, 2.75) is 31.9 Å². The summed E-state index contributed by atoms with van der Waals surface area (Å²) in [5.41, 5.74) is 0.433. The van der Waals surface area contributed by atoms with Gasteiger partial charge in [-0.25, -0.2) is 9.63 Å². The Labute approximate surface area is 190 Å². The van der Waals surface area contributed by atoms with Gasteiger partial charge in [-0.3, -0.25) is 14.4 Å². The lowest BCUT2D eigenvalue weighted by atomic mass is 10.0. The van der Waals surface area contributed by atoms with Crippen molar-refractivity contribution in [3.8, 4) is 11.3 Å². The first kappa shape index (κ1) is 22.1. The summed E-state index contributed by atoms with van der Waals surface area (Å²) in [6, 6.07) is 3.63. The highest BCUT2D eigenvalue weighted by atomic mass is 35.5. The quantitative estimate of drug-likeness (QED) is 0.632. The zero-order valence-corrected chi connectivity index (χ0v) is 17.9. The third-order valence-electron chi connectivity index (χ3n) is 4.75. The van der Waals surface area contributed by atoms with Gasteiger partial charge in [0, 0.05) is 18.4 Å². The van der Waals surface area contributed by atoms with Crippen LogP contribution in [0.2, 0.25) is 10.0 Å². The van der Waals surface area contributed by atoms with Crippen LogP contribution in [0, 0.1) is 6.92 Å². The second-order valence-electron chi connectivity index (χ2n) is 6.90. The molecule has 0 spiro atoms. The minimum Gasteiger partial charge on any atom is -0.450 e. The van der Waals surface area contributed by atoms with E-state index in [1.54, 1.807) is 18.2 Å². The largest absolute Gasteiger partial charge is 0.450 e. The molecule has 4 rings (SSSR count). The second-order valence-corrected chi connectivity index (χ2v) is 7.72. The van der Waals surface area contributed by atoms with Gasteiger partial charge in [-0.05, 0) is 24.3 Å². The normalized spacial score (nSPS) is 20.4. The SMILES string of the molecule is Cc1onc(-c2c(Cl)cccc2Cl)c1C(=O)N[C@H]1CON(OC(=O)C2CCC(=O)O2)C1=O. The monoisotopic (exact) mass is 483 g/mol. The van der Waals surface area contributed by atoms with Gasteiger partial charge < -0.3 is 19.4 Å². The van der Waals surface area contributed by atoms with Crippen molar-refractivity contribution in [1.29, 1.82) is 0 Å². The minimum atomic E-state index is -1.16. The van der Waals surface area contributed by atoms with Gasteiger partial charge in [-0.1, -0.05) is 34.4 Å². The van der Waals surface area contributed by atoms with Crippen molar-refractivity contribution in [1.82, 2.24) is 15.7 Å². The molecule has 32 heavy (non-hydrogen) atoms. The highest BCUT2D eigenvalue weighted by molar-refractivity contribution is 6.39. The lowest BCUT2D eigenvalue weighted by molar-refractivity contribution is -0.306. The summed E-state index contributed by atoms with van der Waals surface area (Å²) >= 11 is 12.4. The van der Waals surface area contributed by atoms with Crippen LogP contribution >= 0.6 is 23.2 Å². The fraction of sp³-hybridized carbons (Fsp3) is 0.316. The summed E-state index contributed by atoms with van der Waals surface area (Å²) in [5, 5.41) is 7.23. The van der Waals surface area contributed by atoms with Crippen molar-refractivity contribution < 1.29 is 38.1 Å². The van der Waals surface area contributed by atoms with Crippen LogP contribution in [0.15, 0.2) is 22.7 Å². The van der Waals surface area contributed by atoms with Gasteiger partial charge in [0.2, 0.25) is 6.10 Å². The van der Waals surface area contributed by atoms with Gasteiger partial charge in [-0.2, -0.15) is 0 Å². The summed E-state index contributed by atoms with van der Waals surface area (Å²) in [5.74, 6) is -2.85. The average molecular weight is 484 g/mol. The number of aryl methyl sites for hydroxylation is 1. The molecule has 1 aromatic carbocycles. The Kier molecular flexibility index (Phi) is 6.04. The van der Waals surface area contributed by atoms with Crippen LogP contribution in [0.25, 0.3) is 11.3 Å². The molecular formula is C19H15Cl2N3O8. The molecular weight excluding hydrogens is 469 g/mol. The minimum absolute atomic E-state index is 0.0288. The van der Waals surface area contributed by atoms with E-state index in [0.29, 0.717) is 10.8 Å². The molecule has 3 heterocycles. The Balaban J connectivity index is 1.46. The highest BCUT2D eigenvalue weighted by Gasteiger charge is 2.41. The van der Waals surface area contributed by atoms with Crippen LogP contribution < -0.4 is 5.32 Å². The third kappa shape index (κ3) is 4.14. The third-order valence-corrected chi connectivity index (χ3v) is 5.38. The number of nitrogens with one attached hydrogen (secondary N) is 1. The molecule has 0 saturated carbocycles. The topological polar surface area (TPSA) is 137 Å². The summed E-state index contributed by atoms with van der Waals surface area (Å²) in [6.45, 7) is 1.22. The molecule has 2 fully saturated rings. The number of aromatic nitrogens is 1. The molecule has 0 bridgehead atoms. The highest BCUT2D eigenvalue weighted by Crippen LogP contribution is 2.36. The lowest BCUT2D eigenvalue weighted by Crippen LogP contribution is -2.43. The molecule has 1 N–H and O–H groups in total. The lowest BCUT2D eigenvalue weighted by Gasteiger charge is -2.15. The smallest absolute Gasteiger partial charge is 0.375 e. The van der Waals surface area contributed by atoms with E-state index in [1.807, 2.05) is 0 Å². The summed E-state index contributed by atoms with van der Waals surface area (Å²) in [6.07, 6.45) is -0.904. The van der Waals surface area contributed by atoms with E-state index < -0.39 is 35.9 Å². The summed E-state index contributed by atoms with van der Waals surface area (Å²) < 4.78 is 9.93. The second kappa shape index (κ2) is 8.77. The van der Waals surface area contributed by atoms with Crippen LogP contribution in [-0.4, -0.2) is 52.9 Å². The number of halogens is 2. The van der Waals surface area contributed by atoms with E-state index in [4.69, 9.17) is 42.1 Å². The molecule has 2 aliphatic heterocycles. The first-order valence-electron chi connectivity index (χ1n) is 9.36. The maximum absolute atomic E-state index is 12.9. The molecule has 2 aliphatic rings. The Morgan fingerprint density at radius 2 is 1.97 bits per heavy atom. The molecule has 2 aromatic rings. The number of cyclic esters (lactones) is 1. The Bertz CT molecular complexity index is 1100. The number of esters is 1. The van der Waals surface area contributed by atoms with Crippen molar-refractivity contribution in [2.75, 3.05) is 6.61 Å². The Morgan fingerprint density at radius 3 is 2.62 bits per heavy atom. The van der Waals surface area contributed by atoms with E-state index in [1.165, 1.54) is 6.92 Å². The van der Waals surface area contributed by atoms with E-state index in [2.05, 4.69) is 10.5 Å². The summed E-state index contributed by atoms with van der Waals surface area (Å²) in [7, 11) is 0. The Hall–Kier alpha value is -3.15. The molecule has 1 aromatic heterocycles. The van der Waals surface area contributed by atoms with Crippen LogP contribution in [0.3, 0.4) is 0 Å². The molecule has 2 atom stereocenters. The molecule has 13 heteroatoms. The number of carbonyl (C=O) groups excluding carboxylic acids is 4. The van der Waals surface area contributed by atoms with Gasteiger partial charge in [0.25, 0.3) is 5.91 Å². The van der Waals surface area contributed by atoms with Crippen LogP contribution in [0.5, 0.6) is 0 Å². The molecule has 11 nitrogen and oxygen atoms in total. The van der Waals surface area contributed by atoms with E-state index in [9.17, 15) is 19.2 Å². The van der Waals surface area contributed by atoms with Crippen molar-refractivity contribution in [3.63, 3.8) is 0 Å². The first-order valence-corrected chi connectivity index (χ1v) is 10.1. The van der Waals surface area contributed by atoms with Gasteiger partial charge >= 0.3 is 17.8 Å². The number of ether oxygens (including phenoxy) is 1. The molecule has 0 aliphatic carbocycles. The molecule has 168 valence electrons. The number of rotatable bonds is 5. The van der Waals surface area contributed by atoms with Crippen molar-refractivity contribution in [3.05, 3.63) is 39.6 Å². The van der Waals surface area contributed by atoms with E-state index in [-0.39, 0.29) is 46.5 Å². The number of nitrogens with zero attached hydrogens (tertiary/aromatic N) is 2. The van der Waals surface area contributed by atoms with Crippen LogP contribution in [0.4, 0.5) is 0 Å². The van der Waals surface area contributed by atoms with Crippen LogP contribution in [0.1, 0.15) is 29.0 Å². The van der Waals surface area contributed by atoms with Crippen LogP contribution in [-0.2, 0) is 28.8 Å². The molecule has 1 unspecified atom stereocenters. The summed E-state index contributed by atoms with van der Waals surface area (Å²) in [4.78, 5) is 58.4. The predicted octanol–water partition coefficient (Wildman–Crippen LogP) is 1.99. The fourth-order valence-corrected chi connectivity index (χ4v) is 3.75. The number of hydroxylamine groups is 2. The molecule has 0 radical (unpaired) electrons. The van der Waals surface area contributed by atoms with Crippen molar-refractivity contribution in [2.24, 2.45) is 0 Å². The number of carbonyl (C=O) groups is 4. The predicted molar refractivity (Wildman–Crippen MR) is 106 cm³/mol. The maximum atomic E-state index is 12.9. The zero-order chi connectivity index (χ0) is 23.0. The molecule has 2 amide bonds.